The van der Waals surface area contributed by atoms with Gasteiger partial charge < -0.3 is 4.74 Å². The number of fused-ring (bicyclic) bond motifs is 1. The van der Waals surface area contributed by atoms with Crippen molar-refractivity contribution in [3.05, 3.63) is 35.2 Å². The highest BCUT2D eigenvalue weighted by Crippen LogP contribution is 2.26. The minimum absolute atomic E-state index is 0.363. The standard InChI is InChI=1S/C10H7ClFNO/c1-14-9-4-8(12)3-6-2-7(11)5-13-10(6)9/h2-5H,1H3. The van der Waals surface area contributed by atoms with Crippen LogP contribution in [0.5, 0.6) is 5.75 Å². The molecule has 2 nitrogen and oxygen atoms in total. The third-order valence-electron chi connectivity index (χ3n) is 1.90. The lowest BCUT2D eigenvalue weighted by Gasteiger charge is -2.04. The number of halogens is 2. The Bertz CT molecular complexity index is 482. The summed E-state index contributed by atoms with van der Waals surface area (Å²) < 4.78 is 18.1. The van der Waals surface area contributed by atoms with Crippen LogP contribution in [0.25, 0.3) is 10.9 Å². The predicted molar refractivity (Wildman–Crippen MR) is 53.3 cm³/mol. The number of nitrogens with zero attached hydrogens (tertiary/aromatic N) is 1. The van der Waals surface area contributed by atoms with Crippen molar-refractivity contribution in [2.75, 3.05) is 7.11 Å². The van der Waals surface area contributed by atoms with E-state index >= 15 is 0 Å². The fourth-order valence-electron chi connectivity index (χ4n) is 1.31. The average Bonchev–Trinajstić information content (AvgIpc) is 2.15. The summed E-state index contributed by atoms with van der Waals surface area (Å²) >= 11 is 5.74. The van der Waals surface area contributed by atoms with E-state index in [1.165, 1.54) is 25.4 Å². The molecule has 0 N–H and O–H groups in total. The number of benzene rings is 1. The molecule has 0 saturated carbocycles. The number of hydrogen-bond donors (Lipinski definition) is 0. The van der Waals surface area contributed by atoms with Crippen LogP contribution in [-0.2, 0) is 0 Å². The van der Waals surface area contributed by atoms with Gasteiger partial charge in [0.2, 0.25) is 0 Å². The molecule has 0 amide bonds. The van der Waals surface area contributed by atoms with Crippen LogP contribution in [0.1, 0.15) is 0 Å². The lowest BCUT2D eigenvalue weighted by Crippen LogP contribution is -1.89. The van der Waals surface area contributed by atoms with Crippen LogP contribution in [0.3, 0.4) is 0 Å². The topological polar surface area (TPSA) is 22.1 Å². The van der Waals surface area contributed by atoms with Crippen LogP contribution in [0, 0.1) is 5.82 Å². The second kappa shape index (κ2) is 3.42. The van der Waals surface area contributed by atoms with Gasteiger partial charge in [0, 0.05) is 17.6 Å². The zero-order chi connectivity index (χ0) is 10.1. The summed E-state index contributed by atoms with van der Waals surface area (Å²) in [7, 11) is 1.48. The first-order chi connectivity index (χ1) is 6.70. The van der Waals surface area contributed by atoms with E-state index in [4.69, 9.17) is 16.3 Å². The molecule has 0 aliphatic rings. The Hall–Kier alpha value is -1.35. The fraction of sp³-hybridized carbons (Fsp3) is 0.100. The van der Waals surface area contributed by atoms with E-state index in [9.17, 15) is 4.39 Å². The molecule has 1 aromatic carbocycles. The minimum atomic E-state index is -0.363. The molecular formula is C10H7ClFNO. The fourth-order valence-corrected chi connectivity index (χ4v) is 1.48. The summed E-state index contributed by atoms with van der Waals surface area (Å²) in [6.07, 6.45) is 1.50. The Morgan fingerprint density at radius 1 is 1.36 bits per heavy atom. The van der Waals surface area contributed by atoms with Gasteiger partial charge in [-0.2, -0.15) is 0 Å². The molecule has 0 fully saturated rings. The minimum Gasteiger partial charge on any atom is -0.494 e. The number of rotatable bonds is 1. The highest BCUT2D eigenvalue weighted by Gasteiger charge is 2.05. The van der Waals surface area contributed by atoms with Crippen molar-refractivity contribution in [1.82, 2.24) is 4.98 Å². The van der Waals surface area contributed by atoms with Crippen LogP contribution in [0.2, 0.25) is 5.02 Å². The van der Waals surface area contributed by atoms with Gasteiger partial charge in [-0.15, -0.1) is 0 Å². The first-order valence-electron chi connectivity index (χ1n) is 3.99. The average molecular weight is 212 g/mol. The van der Waals surface area contributed by atoms with Crippen LogP contribution < -0.4 is 4.74 Å². The molecule has 2 aromatic rings. The Morgan fingerprint density at radius 2 is 2.14 bits per heavy atom. The summed E-state index contributed by atoms with van der Waals surface area (Å²) in [5.41, 5.74) is 0.610. The number of hydrogen-bond acceptors (Lipinski definition) is 2. The normalized spacial score (nSPS) is 10.5. The summed E-state index contributed by atoms with van der Waals surface area (Å²) in [6, 6.07) is 4.31. The molecule has 0 atom stereocenters. The van der Waals surface area contributed by atoms with Crippen molar-refractivity contribution in [2.24, 2.45) is 0 Å². The smallest absolute Gasteiger partial charge is 0.147 e. The predicted octanol–water partition coefficient (Wildman–Crippen LogP) is 3.04. The van der Waals surface area contributed by atoms with E-state index in [1.807, 2.05) is 0 Å². The van der Waals surface area contributed by atoms with Crippen LogP contribution >= 0.6 is 11.6 Å². The number of pyridine rings is 1. The van der Waals surface area contributed by atoms with Gasteiger partial charge in [-0.1, -0.05) is 11.6 Å². The lowest BCUT2D eigenvalue weighted by molar-refractivity contribution is 0.415. The number of methoxy groups -OCH3 is 1. The van der Waals surface area contributed by atoms with Crippen LogP contribution in [0.15, 0.2) is 24.4 Å². The van der Waals surface area contributed by atoms with E-state index in [-0.39, 0.29) is 5.82 Å². The molecule has 1 heterocycles. The maximum atomic E-state index is 13.1. The van der Waals surface area contributed by atoms with Gasteiger partial charge in [0.05, 0.1) is 12.1 Å². The number of aromatic nitrogens is 1. The van der Waals surface area contributed by atoms with Crippen molar-refractivity contribution >= 4 is 22.5 Å². The van der Waals surface area contributed by atoms with Crippen LogP contribution in [-0.4, -0.2) is 12.1 Å². The molecule has 2 rings (SSSR count). The van der Waals surface area contributed by atoms with Crippen LogP contribution in [0.4, 0.5) is 4.39 Å². The second-order valence-electron chi connectivity index (χ2n) is 2.83. The summed E-state index contributed by atoms with van der Waals surface area (Å²) in [5, 5.41) is 1.11. The van der Waals surface area contributed by atoms with Gasteiger partial charge in [-0.25, -0.2) is 4.39 Å². The summed E-state index contributed by atoms with van der Waals surface area (Å²) in [4.78, 5) is 4.07. The van der Waals surface area contributed by atoms with Gasteiger partial charge in [-0.05, 0) is 12.1 Å². The van der Waals surface area contributed by atoms with Crippen molar-refractivity contribution in [3.63, 3.8) is 0 Å². The van der Waals surface area contributed by atoms with Gasteiger partial charge in [0.1, 0.15) is 17.1 Å². The Labute approximate surface area is 85.3 Å². The molecule has 72 valence electrons. The molecule has 4 heteroatoms. The SMILES string of the molecule is COc1cc(F)cc2cc(Cl)cnc12. The molecule has 1 aromatic heterocycles. The first kappa shape index (κ1) is 9.21. The molecule has 14 heavy (non-hydrogen) atoms. The molecule has 0 radical (unpaired) electrons. The molecule has 0 unspecified atom stereocenters. The molecule has 0 aliphatic heterocycles. The van der Waals surface area contributed by atoms with Crippen molar-refractivity contribution in [3.8, 4) is 5.75 Å². The third kappa shape index (κ3) is 1.51. The first-order valence-corrected chi connectivity index (χ1v) is 4.37. The van der Waals surface area contributed by atoms with Gasteiger partial charge in [0.15, 0.2) is 0 Å². The summed E-state index contributed by atoms with van der Waals surface area (Å²) in [5.74, 6) is 0.0510. The van der Waals surface area contributed by atoms with E-state index in [2.05, 4.69) is 4.98 Å². The van der Waals surface area contributed by atoms with E-state index in [0.29, 0.717) is 21.7 Å². The Kier molecular flexibility index (Phi) is 2.25. The highest BCUT2D eigenvalue weighted by molar-refractivity contribution is 6.31. The maximum Gasteiger partial charge on any atom is 0.147 e. The molecule has 0 bridgehead atoms. The monoisotopic (exact) mass is 211 g/mol. The van der Waals surface area contributed by atoms with Gasteiger partial charge in [-0.3, -0.25) is 4.98 Å². The maximum absolute atomic E-state index is 13.1. The number of ether oxygens (including phenoxy) is 1. The zero-order valence-corrected chi connectivity index (χ0v) is 8.18. The molecule has 0 spiro atoms. The second-order valence-corrected chi connectivity index (χ2v) is 3.27. The largest absolute Gasteiger partial charge is 0.494 e. The third-order valence-corrected chi connectivity index (χ3v) is 2.11. The zero-order valence-electron chi connectivity index (χ0n) is 7.42. The summed E-state index contributed by atoms with van der Waals surface area (Å²) in [6.45, 7) is 0. The van der Waals surface area contributed by atoms with Crippen molar-refractivity contribution in [1.29, 1.82) is 0 Å². The Morgan fingerprint density at radius 3 is 2.86 bits per heavy atom. The molecule has 0 saturated heterocycles. The lowest BCUT2D eigenvalue weighted by atomic mass is 10.2. The van der Waals surface area contributed by atoms with E-state index in [0.717, 1.165) is 0 Å². The Balaban J connectivity index is 2.81. The van der Waals surface area contributed by atoms with Gasteiger partial charge >= 0.3 is 0 Å². The van der Waals surface area contributed by atoms with Crippen molar-refractivity contribution in [2.45, 2.75) is 0 Å². The quantitative estimate of drug-likeness (QED) is 0.723. The van der Waals surface area contributed by atoms with Crippen molar-refractivity contribution < 1.29 is 9.13 Å². The van der Waals surface area contributed by atoms with E-state index in [1.54, 1.807) is 6.07 Å². The van der Waals surface area contributed by atoms with E-state index < -0.39 is 0 Å². The van der Waals surface area contributed by atoms with Gasteiger partial charge in [0.25, 0.3) is 0 Å². The highest BCUT2D eigenvalue weighted by atomic mass is 35.5. The molecule has 0 aliphatic carbocycles. The molecular weight excluding hydrogens is 205 g/mol.